The molecule has 1 amide bonds. The number of rotatable bonds is 4. The van der Waals surface area contributed by atoms with Gasteiger partial charge in [-0.1, -0.05) is 23.8 Å². The highest BCUT2D eigenvalue weighted by molar-refractivity contribution is 5.93. The number of nitrogens with one attached hydrogen (secondary N) is 1. The van der Waals surface area contributed by atoms with Crippen LogP contribution in [0.5, 0.6) is 0 Å². The number of carbonyl (C=O) groups excluding carboxylic acids is 1. The fourth-order valence-electron chi connectivity index (χ4n) is 2.33. The highest BCUT2D eigenvalue weighted by Gasteiger charge is 2.12. The lowest BCUT2D eigenvalue weighted by Gasteiger charge is -2.19. The fraction of sp³-hybridized carbons (Fsp3) is 0.235. The summed E-state index contributed by atoms with van der Waals surface area (Å²) in [6.45, 7) is 5.99. The monoisotopic (exact) mass is 286 g/mol. The fourth-order valence-corrected chi connectivity index (χ4v) is 2.33. The summed E-state index contributed by atoms with van der Waals surface area (Å²) >= 11 is 0. The van der Waals surface area contributed by atoms with Crippen molar-refractivity contribution in [3.05, 3.63) is 64.5 Å². The molecule has 21 heavy (non-hydrogen) atoms. The molecule has 0 bridgehead atoms. The van der Waals surface area contributed by atoms with Gasteiger partial charge in [0, 0.05) is 11.6 Å². The molecule has 110 valence electrons. The Morgan fingerprint density at radius 3 is 2.57 bits per heavy atom. The van der Waals surface area contributed by atoms with Crippen molar-refractivity contribution >= 4 is 11.6 Å². The van der Waals surface area contributed by atoms with Crippen molar-refractivity contribution in [3.8, 4) is 0 Å². The second-order valence-electron chi connectivity index (χ2n) is 5.28. The van der Waals surface area contributed by atoms with Crippen LogP contribution in [0.15, 0.2) is 36.4 Å². The Hall–Kier alpha value is -2.36. The predicted octanol–water partition coefficient (Wildman–Crippen LogP) is 3.71. The Kier molecular flexibility index (Phi) is 4.26. The van der Waals surface area contributed by atoms with E-state index < -0.39 is 11.7 Å². The van der Waals surface area contributed by atoms with E-state index in [1.807, 2.05) is 32.9 Å². The maximum Gasteiger partial charge on any atom is 0.248 e. The highest BCUT2D eigenvalue weighted by atomic mass is 19.1. The van der Waals surface area contributed by atoms with E-state index in [-0.39, 0.29) is 17.3 Å². The molecule has 0 aliphatic carbocycles. The first kappa shape index (κ1) is 15.0. The summed E-state index contributed by atoms with van der Waals surface area (Å²) in [6.07, 6.45) is 0. The topological polar surface area (TPSA) is 55.1 Å². The van der Waals surface area contributed by atoms with Crippen molar-refractivity contribution < 1.29 is 9.18 Å². The summed E-state index contributed by atoms with van der Waals surface area (Å²) in [5, 5.41) is 3.11. The third-order valence-corrected chi connectivity index (χ3v) is 3.52. The number of halogens is 1. The average Bonchev–Trinajstić information content (AvgIpc) is 2.43. The second kappa shape index (κ2) is 5.95. The van der Waals surface area contributed by atoms with Crippen LogP contribution < -0.4 is 11.1 Å². The van der Waals surface area contributed by atoms with Gasteiger partial charge in [0.15, 0.2) is 0 Å². The summed E-state index contributed by atoms with van der Waals surface area (Å²) in [4.78, 5) is 11.2. The van der Waals surface area contributed by atoms with Crippen LogP contribution in [-0.4, -0.2) is 5.91 Å². The molecule has 0 saturated carbocycles. The van der Waals surface area contributed by atoms with Crippen LogP contribution in [-0.2, 0) is 0 Å². The van der Waals surface area contributed by atoms with Gasteiger partial charge in [-0.3, -0.25) is 4.79 Å². The Morgan fingerprint density at radius 1 is 1.19 bits per heavy atom. The van der Waals surface area contributed by atoms with Crippen LogP contribution in [0.25, 0.3) is 0 Å². The highest BCUT2D eigenvalue weighted by Crippen LogP contribution is 2.25. The zero-order valence-electron chi connectivity index (χ0n) is 12.4. The first-order valence-electron chi connectivity index (χ1n) is 6.81. The lowest BCUT2D eigenvalue weighted by molar-refractivity contribution is 0.100. The number of hydrogen-bond acceptors (Lipinski definition) is 2. The molecule has 0 aromatic heterocycles. The Labute approximate surface area is 124 Å². The van der Waals surface area contributed by atoms with Gasteiger partial charge in [-0.2, -0.15) is 0 Å². The molecule has 0 spiro atoms. The molecular weight excluding hydrogens is 267 g/mol. The van der Waals surface area contributed by atoms with Crippen molar-refractivity contribution in [2.24, 2.45) is 5.73 Å². The zero-order chi connectivity index (χ0) is 15.6. The van der Waals surface area contributed by atoms with Crippen molar-refractivity contribution in [1.82, 2.24) is 0 Å². The van der Waals surface area contributed by atoms with Gasteiger partial charge >= 0.3 is 0 Å². The van der Waals surface area contributed by atoms with E-state index in [0.29, 0.717) is 0 Å². The number of benzene rings is 2. The molecule has 1 atom stereocenters. The molecular formula is C17H19FN2O. The van der Waals surface area contributed by atoms with Gasteiger partial charge in [0.1, 0.15) is 5.82 Å². The van der Waals surface area contributed by atoms with Crippen LogP contribution >= 0.6 is 0 Å². The van der Waals surface area contributed by atoms with E-state index in [1.54, 1.807) is 0 Å². The van der Waals surface area contributed by atoms with E-state index in [9.17, 15) is 9.18 Å². The molecule has 0 aliphatic rings. The summed E-state index contributed by atoms with van der Waals surface area (Å²) in [7, 11) is 0. The Balaban J connectivity index is 2.31. The SMILES string of the molecule is Cc1ccc(C)c(C(C)Nc2cc(C(N)=O)ccc2F)c1. The molecule has 0 fully saturated rings. The van der Waals surface area contributed by atoms with E-state index in [4.69, 9.17) is 5.73 Å². The maximum absolute atomic E-state index is 13.9. The van der Waals surface area contributed by atoms with Crippen molar-refractivity contribution in [2.75, 3.05) is 5.32 Å². The van der Waals surface area contributed by atoms with Crippen LogP contribution in [0.4, 0.5) is 10.1 Å². The predicted molar refractivity (Wildman–Crippen MR) is 82.9 cm³/mol. The van der Waals surface area contributed by atoms with Crippen LogP contribution in [0.1, 0.15) is 40.0 Å². The van der Waals surface area contributed by atoms with Gasteiger partial charge in [0.25, 0.3) is 0 Å². The number of nitrogens with two attached hydrogens (primary N) is 1. The Bertz CT molecular complexity index is 682. The maximum atomic E-state index is 13.9. The number of hydrogen-bond donors (Lipinski definition) is 2. The molecule has 0 radical (unpaired) electrons. The summed E-state index contributed by atoms with van der Waals surface area (Å²) in [6, 6.07) is 10.1. The van der Waals surface area contributed by atoms with Gasteiger partial charge in [-0.05, 0) is 50.1 Å². The first-order valence-corrected chi connectivity index (χ1v) is 6.81. The molecule has 0 aliphatic heterocycles. The molecule has 0 saturated heterocycles. The first-order chi connectivity index (χ1) is 9.88. The smallest absolute Gasteiger partial charge is 0.248 e. The van der Waals surface area contributed by atoms with Crippen LogP contribution in [0, 0.1) is 19.7 Å². The number of anilines is 1. The van der Waals surface area contributed by atoms with Crippen molar-refractivity contribution in [2.45, 2.75) is 26.8 Å². The zero-order valence-corrected chi connectivity index (χ0v) is 12.4. The van der Waals surface area contributed by atoms with Gasteiger partial charge in [-0.25, -0.2) is 4.39 Å². The van der Waals surface area contributed by atoms with Gasteiger partial charge < -0.3 is 11.1 Å². The number of aryl methyl sites for hydroxylation is 2. The Morgan fingerprint density at radius 2 is 1.90 bits per heavy atom. The molecule has 2 aromatic rings. The van der Waals surface area contributed by atoms with Crippen molar-refractivity contribution in [3.63, 3.8) is 0 Å². The number of amides is 1. The van der Waals surface area contributed by atoms with E-state index >= 15 is 0 Å². The van der Waals surface area contributed by atoms with E-state index in [1.165, 1.54) is 18.2 Å². The minimum absolute atomic E-state index is 0.0810. The van der Waals surface area contributed by atoms with Crippen LogP contribution in [0.3, 0.4) is 0 Å². The molecule has 0 heterocycles. The third kappa shape index (κ3) is 3.40. The summed E-state index contributed by atoms with van der Waals surface area (Å²) < 4.78 is 13.9. The largest absolute Gasteiger partial charge is 0.376 e. The summed E-state index contributed by atoms with van der Waals surface area (Å²) in [5.41, 5.74) is 9.17. The lowest BCUT2D eigenvalue weighted by atomic mass is 9.99. The lowest BCUT2D eigenvalue weighted by Crippen LogP contribution is -2.13. The summed E-state index contributed by atoms with van der Waals surface area (Å²) in [5.74, 6) is -0.977. The van der Waals surface area contributed by atoms with E-state index in [0.717, 1.165) is 16.7 Å². The third-order valence-electron chi connectivity index (χ3n) is 3.52. The normalized spacial score (nSPS) is 12.0. The molecule has 2 rings (SSSR count). The minimum Gasteiger partial charge on any atom is -0.376 e. The van der Waals surface area contributed by atoms with Gasteiger partial charge in [-0.15, -0.1) is 0 Å². The van der Waals surface area contributed by atoms with Crippen LogP contribution in [0.2, 0.25) is 0 Å². The average molecular weight is 286 g/mol. The molecule has 2 aromatic carbocycles. The van der Waals surface area contributed by atoms with Gasteiger partial charge in [0.05, 0.1) is 5.69 Å². The standard InChI is InChI=1S/C17H19FN2O/c1-10-4-5-11(2)14(8-10)12(3)20-16-9-13(17(19)21)6-7-15(16)18/h4-9,12,20H,1-3H3,(H2,19,21). The molecule has 1 unspecified atom stereocenters. The molecule has 3 N–H and O–H groups in total. The molecule has 3 nitrogen and oxygen atoms in total. The quantitative estimate of drug-likeness (QED) is 0.900. The number of primary amides is 1. The van der Waals surface area contributed by atoms with E-state index in [2.05, 4.69) is 11.4 Å². The minimum atomic E-state index is -0.572. The van der Waals surface area contributed by atoms with Gasteiger partial charge in [0.2, 0.25) is 5.91 Å². The molecule has 4 heteroatoms. The number of carbonyl (C=O) groups is 1. The second-order valence-corrected chi connectivity index (χ2v) is 5.28. The van der Waals surface area contributed by atoms with Crippen molar-refractivity contribution in [1.29, 1.82) is 0 Å².